The number of methoxy groups -OCH3 is 1. The summed E-state index contributed by atoms with van der Waals surface area (Å²) in [5.74, 6) is -0.106. The predicted molar refractivity (Wildman–Crippen MR) is 107 cm³/mol. The van der Waals surface area contributed by atoms with Gasteiger partial charge in [-0.25, -0.2) is 0 Å². The molecule has 2 N–H and O–H groups in total. The first-order valence-corrected chi connectivity index (χ1v) is 9.64. The highest BCUT2D eigenvalue weighted by molar-refractivity contribution is 5.77. The molecule has 2 aliphatic rings. The van der Waals surface area contributed by atoms with Crippen molar-refractivity contribution in [2.45, 2.75) is 30.9 Å². The fraction of sp³-hybridized carbons (Fsp3) is 0.348. The summed E-state index contributed by atoms with van der Waals surface area (Å²) >= 11 is 0. The summed E-state index contributed by atoms with van der Waals surface area (Å²) in [7, 11) is 1.38. The van der Waals surface area contributed by atoms with E-state index < -0.39 is 5.60 Å². The Hall–Kier alpha value is -2.63. The number of hydrogen-bond acceptors (Lipinski definition) is 5. The molecule has 1 fully saturated rings. The van der Waals surface area contributed by atoms with Gasteiger partial charge in [0.25, 0.3) is 0 Å². The van der Waals surface area contributed by atoms with Crippen molar-refractivity contribution in [2.24, 2.45) is 0 Å². The van der Waals surface area contributed by atoms with Gasteiger partial charge in [0.05, 0.1) is 26.2 Å². The van der Waals surface area contributed by atoms with Crippen molar-refractivity contribution in [2.75, 3.05) is 20.3 Å². The number of phenols is 1. The van der Waals surface area contributed by atoms with E-state index in [1.165, 1.54) is 12.7 Å². The third-order valence-electron chi connectivity index (χ3n) is 5.61. The summed E-state index contributed by atoms with van der Waals surface area (Å²) in [6, 6.07) is 15.6. The lowest BCUT2D eigenvalue weighted by Gasteiger charge is -2.40. The number of carbonyl (C=O) groups excluding carboxylic acids is 1. The standard InChI is InChI=1S/C23H25NO4/c1-27-21(26)13-16-8-9-20(25)19(12-16)18-14-23(28-15-18)10-5-11-24-22(23)17-6-3-2-4-7-17/h2-4,6-9,12,14,22,24-25H,5,10-11,13,15H2,1H3/t22-,23+/m0/s1. The Kier molecular flexibility index (Phi) is 5.20. The molecule has 0 aromatic heterocycles. The quantitative estimate of drug-likeness (QED) is 0.797. The Morgan fingerprint density at radius 2 is 2.11 bits per heavy atom. The highest BCUT2D eigenvalue weighted by Gasteiger charge is 2.44. The molecule has 2 heterocycles. The van der Waals surface area contributed by atoms with E-state index in [-0.39, 0.29) is 24.2 Å². The molecule has 5 nitrogen and oxygen atoms in total. The summed E-state index contributed by atoms with van der Waals surface area (Å²) in [4.78, 5) is 11.6. The van der Waals surface area contributed by atoms with Gasteiger partial charge >= 0.3 is 5.97 Å². The highest BCUT2D eigenvalue weighted by atomic mass is 16.5. The second kappa shape index (κ2) is 7.78. The summed E-state index contributed by atoms with van der Waals surface area (Å²) in [5, 5.41) is 14.0. The largest absolute Gasteiger partial charge is 0.507 e. The molecule has 0 saturated carbocycles. The van der Waals surface area contributed by atoms with Gasteiger partial charge in [-0.3, -0.25) is 4.79 Å². The fourth-order valence-electron chi connectivity index (χ4n) is 4.22. The van der Waals surface area contributed by atoms with Crippen molar-refractivity contribution < 1.29 is 19.4 Å². The maximum atomic E-state index is 11.6. The molecule has 2 atom stereocenters. The Labute approximate surface area is 165 Å². The molecular weight excluding hydrogens is 354 g/mol. The molecule has 2 aliphatic heterocycles. The van der Waals surface area contributed by atoms with Crippen LogP contribution in [-0.2, 0) is 20.7 Å². The molecule has 0 amide bonds. The number of esters is 1. The Morgan fingerprint density at radius 1 is 1.29 bits per heavy atom. The van der Waals surface area contributed by atoms with Crippen molar-refractivity contribution >= 4 is 11.5 Å². The van der Waals surface area contributed by atoms with Crippen LogP contribution >= 0.6 is 0 Å². The van der Waals surface area contributed by atoms with Crippen LogP contribution in [0.15, 0.2) is 54.6 Å². The van der Waals surface area contributed by atoms with E-state index in [0.717, 1.165) is 36.1 Å². The lowest BCUT2D eigenvalue weighted by atomic mass is 9.81. The Balaban J connectivity index is 1.68. The topological polar surface area (TPSA) is 67.8 Å². The number of piperidine rings is 1. The second-order valence-electron chi connectivity index (χ2n) is 7.42. The minimum absolute atomic E-state index is 0.0698. The maximum Gasteiger partial charge on any atom is 0.309 e. The van der Waals surface area contributed by atoms with E-state index >= 15 is 0 Å². The SMILES string of the molecule is COC(=O)Cc1ccc(O)c(C2=C[C@@]3(CCCN[C@H]3c3ccccc3)OC2)c1. The summed E-state index contributed by atoms with van der Waals surface area (Å²) in [6.45, 7) is 1.38. The number of ether oxygens (including phenoxy) is 2. The molecule has 5 heteroatoms. The van der Waals surface area contributed by atoms with Gasteiger partial charge < -0.3 is 19.9 Å². The van der Waals surface area contributed by atoms with E-state index in [1.54, 1.807) is 12.1 Å². The molecule has 1 saturated heterocycles. The van der Waals surface area contributed by atoms with Crippen molar-refractivity contribution in [3.05, 3.63) is 71.3 Å². The van der Waals surface area contributed by atoms with Crippen LogP contribution in [0.1, 0.15) is 35.6 Å². The smallest absolute Gasteiger partial charge is 0.309 e. The molecule has 4 rings (SSSR count). The van der Waals surface area contributed by atoms with Gasteiger partial charge in [-0.05, 0) is 54.3 Å². The van der Waals surface area contributed by atoms with Crippen LogP contribution in [0.4, 0.5) is 0 Å². The third kappa shape index (κ3) is 3.55. The number of aromatic hydroxyl groups is 1. The monoisotopic (exact) mass is 379 g/mol. The zero-order valence-corrected chi connectivity index (χ0v) is 16.0. The molecule has 0 unspecified atom stereocenters. The van der Waals surface area contributed by atoms with Crippen LogP contribution < -0.4 is 5.32 Å². The average molecular weight is 379 g/mol. The zero-order chi connectivity index (χ0) is 19.6. The average Bonchev–Trinajstić information content (AvgIpc) is 3.14. The van der Waals surface area contributed by atoms with Crippen molar-refractivity contribution in [3.63, 3.8) is 0 Å². The third-order valence-corrected chi connectivity index (χ3v) is 5.61. The Morgan fingerprint density at radius 3 is 2.89 bits per heavy atom. The number of hydrogen-bond donors (Lipinski definition) is 2. The second-order valence-corrected chi connectivity index (χ2v) is 7.42. The van der Waals surface area contributed by atoms with Crippen LogP contribution in [0.3, 0.4) is 0 Å². The summed E-state index contributed by atoms with van der Waals surface area (Å²) < 4.78 is 11.1. The number of benzene rings is 2. The lowest BCUT2D eigenvalue weighted by Crippen LogP contribution is -2.47. The van der Waals surface area contributed by atoms with E-state index in [0.29, 0.717) is 6.61 Å². The molecular formula is C23H25NO4. The van der Waals surface area contributed by atoms with Crippen LogP contribution in [0.2, 0.25) is 0 Å². The number of phenolic OH excluding ortho intramolecular Hbond substituents is 1. The van der Waals surface area contributed by atoms with E-state index in [1.807, 2.05) is 24.3 Å². The molecule has 2 aromatic carbocycles. The normalized spacial score (nSPS) is 24.2. The first-order chi connectivity index (χ1) is 13.6. The minimum atomic E-state index is -0.431. The van der Waals surface area contributed by atoms with E-state index in [9.17, 15) is 9.90 Å². The van der Waals surface area contributed by atoms with E-state index in [2.05, 4.69) is 23.5 Å². The van der Waals surface area contributed by atoms with Gasteiger partial charge in [0.2, 0.25) is 0 Å². The molecule has 0 aliphatic carbocycles. The van der Waals surface area contributed by atoms with E-state index in [4.69, 9.17) is 9.47 Å². The Bertz CT molecular complexity index is 893. The van der Waals surface area contributed by atoms with Crippen molar-refractivity contribution in [1.29, 1.82) is 0 Å². The first kappa shape index (κ1) is 18.7. The molecule has 146 valence electrons. The summed E-state index contributed by atoms with van der Waals surface area (Å²) in [5.41, 5.74) is 3.25. The molecule has 0 bridgehead atoms. The summed E-state index contributed by atoms with van der Waals surface area (Å²) in [6.07, 6.45) is 4.29. The van der Waals surface area contributed by atoms with Crippen LogP contribution in [-0.4, -0.2) is 36.9 Å². The van der Waals surface area contributed by atoms with Crippen molar-refractivity contribution in [3.8, 4) is 5.75 Å². The number of rotatable bonds is 4. The van der Waals surface area contributed by atoms with Gasteiger partial charge in [-0.1, -0.05) is 36.4 Å². The molecule has 28 heavy (non-hydrogen) atoms. The lowest BCUT2D eigenvalue weighted by molar-refractivity contribution is -0.139. The molecule has 2 aromatic rings. The predicted octanol–water partition coefficient (Wildman–Crippen LogP) is 3.38. The first-order valence-electron chi connectivity index (χ1n) is 9.64. The van der Waals surface area contributed by atoms with Crippen LogP contribution in [0.25, 0.3) is 5.57 Å². The maximum absolute atomic E-state index is 11.6. The minimum Gasteiger partial charge on any atom is -0.507 e. The van der Waals surface area contributed by atoms with Gasteiger partial charge in [0.1, 0.15) is 11.4 Å². The molecule has 1 spiro atoms. The van der Waals surface area contributed by atoms with Gasteiger partial charge in [0.15, 0.2) is 0 Å². The van der Waals surface area contributed by atoms with Crippen LogP contribution in [0, 0.1) is 0 Å². The van der Waals surface area contributed by atoms with Crippen molar-refractivity contribution in [1.82, 2.24) is 5.32 Å². The molecule has 0 radical (unpaired) electrons. The zero-order valence-electron chi connectivity index (χ0n) is 16.0. The number of nitrogens with one attached hydrogen (secondary N) is 1. The van der Waals surface area contributed by atoms with Crippen LogP contribution in [0.5, 0.6) is 5.75 Å². The van der Waals surface area contributed by atoms with Gasteiger partial charge in [0, 0.05) is 5.56 Å². The van der Waals surface area contributed by atoms with Gasteiger partial charge in [-0.2, -0.15) is 0 Å². The highest BCUT2D eigenvalue weighted by Crippen LogP contribution is 2.45. The van der Waals surface area contributed by atoms with Gasteiger partial charge in [-0.15, -0.1) is 0 Å². The number of carbonyl (C=O) groups is 1. The fourth-order valence-corrected chi connectivity index (χ4v) is 4.22.